The van der Waals surface area contributed by atoms with Crippen molar-refractivity contribution >= 4 is 11.9 Å². The van der Waals surface area contributed by atoms with Crippen LogP contribution in [0.5, 0.6) is 0 Å². The summed E-state index contributed by atoms with van der Waals surface area (Å²) in [5.41, 5.74) is 6.20. The van der Waals surface area contributed by atoms with Crippen LogP contribution < -0.4 is 11.1 Å². The highest BCUT2D eigenvalue weighted by Crippen LogP contribution is 2.37. The summed E-state index contributed by atoms with van der Waals surface area (Å²) < 4.78 is 0. The molecule has 0 spiro atoms. The molecule has 2 rings (SSSR count). The number of benzene rings is 1. The first-order valence-electron chi connectivity index (χ1n) is 6.88. The van der Waals surface area contributed by atoms with E-state index >= 15 is 0 Å². The molecule has 1 aliphatic carbocycles. The van der Waals surface area contributed by atoms with Gasteiger partial charge in [0.1, 0.15) is 0 Å². The summed E-state index contributed by atoms with van der Waals surface area (Å²) in [5.74, 6) is -1.05. The Labute approximate surface area is 118 Å². The molecule has 1 aliphatic rings. The number of carbonyl (C=O) groups is 2. The number of aliphatic carboxylic acids is 1. The second kappa shape index (κ2) is 6.05. The molecule has 0 radical (unpaired) electrons. The van der Waals surface area contributed by atoms with E-state index in [1.807, 2.05) is 0 Å². The minimum atomic E-state index is -0.811. The fourth-order valence-electron chi connectivity index (χ4n) is 2.66. The number of hydrogen-bond acceptors (Lipinski definition) is 3. The van der Waals surface area contributed by atoms with Crippen molar-refractivity contribution in [2.75, 3.05) is 6.54 Å². The highest BCUT2D eigenvalue weighted by molar-refractivity contribution is 5.94. The normalized spacial score (nSPS) is 16.9. The Hall–Kier alpha value is -1.88. The number of nitrogens with one attached hydrogen (secondary N) is 1. The Morgan fingerprint density at radius 2 is 1.80 bits per heavy atom. The van der Waals surface area contributed by atoms with Crippen molar-refractivity contribution in [2.45, 2.75) is 32.2 Å². The molecule has 4 N–H and O–H groups in total. The zero-order valence-corrected chi connectivity index (χ0v) is 11.4. The Balaban J connectivity index is 1.98. The second-order valence-electron chi connectivity index (χ2n) is 5.38. The van der Waals surface area contributed by atoms with E-state index in [0.29, 0.717) is 24.9 Å². The molecular formula is C15H20N2O3. The molecule has 108 valence electrons. The van der Waals surface area contributed by atoms with E-state index in [-0.39, 0.29) is 12.5 Å². The lowest BCUT2D eigenvalue weighted by Gasteiger charge is -2.23. The maximum atomic E-state index is 12.0. The van der Waals surface area contributed by atoms with Crippen LogP contribution in [0.1, 0.15) is 41.6 Å². The van der Waals surface area contributed by atoms with Gasteiger partial charge in [0.05, 0.1) is 5.41 Å². The van der Waals surface area contributed by atoms with Crippen molar-refractivity contribution in [3.05, 3.63) is 35.4 Å². The van der Waals surface area contributed by atoms with Gasteiger partial charge in [-0.25, -0.2) is 0 Å². The summed E-state index contributed by atoms with van der Waals surface area (Å²) in [6, 6.07) is 7.02. The smallest absolute Gasteiger partial charge is 0.311 e. The van der Waals surface area contributed by atoms with E-state index in [0.717, 1.165) is 18.4 Å². The van der Waals surface area contributed by atoms with Crippen LogP contribution in [0.25, 0.3) is 0 Å². The first-order chi connectivity index (χ1) is 9.57. The topological polar surface area (TPSA) is 92.4 Å². The molecule has 5 heteroatoms. The third-order valence-electron chi connectivity index (χ3n) is 4.05. The number of carbonyl (C=O) groups excluding carboxylic acids is 1. The molecule has 0 saturated heterocycles. The number of hydrogen-bond donors (Lipinski definition) is 3. The quantitative estimate of drug-likeness (QED) is 0.760. The standard InChI is InChI=1S/C15H20N2O3/c16-9-11-3-5-12(6-4-11)13(18)17-10-15(14(19)20)7-1-2-8-15/h3-6H,1-2,7-10,16H2,(H,17,18)(H,19,20). The zero-order chi connectivity index (χ0) is 14.6. The molecule has 1 fully saturated rings. The minimum Gasteiger partial charge on any atom is -0.481 e. The van der Waals surface area contributed by atoms with E-state index in [4.69, 9.17) is 5.73 Å². The van der Waals surface area contributed by atoms with Gasteiger partial charge in [-0.2, -0.15) is 0 Å². The Kier molecular flexibility index (Phi) is 4.39. The lowest BCUT2D eigenvalue weighted by Crippen LogP contribution is -2.41. The maximum Gasteiger partial charge on any atom is 0.311 e. The predicted molar refractivity (Wildman–Crippen MR) is 75.2 cm³/mol. The molecule has 0 heterocycles. The van der Waals surface area contributed by atoms with Gasteiger partial charge in [0.2, 0.25) is 0 Å². The Bertz CT molecular complexity index is 490. The van der Waals surface area contributed by atoms with Gasteiger partial charge in [0.15, 0.2) is 0 Å². The molecule has 0 aromatic heterocycles. The van der Waals surface area contributed by atoms with Crippen molar-refractivity contribution in [3.8, 4) is 0 Å². The van der Waals surface area contributed by atoms with Crippen molar-refractivity contribution in [1.29, 1.82) is 0 Å². The minimum absolute atomic E-state index is 0.194. The summed E-state index contributed by atoms with van der Waals surface area (Å²) in [7, 11) is 0. The summed E-state index contributed by atoms with van der Waals surface area (Å²) in [5, 5.41) is 12.1. The Morgan fingerprint density at radius 3 is 2.30 bits per heavy atom. The summed E-state index contributed by atoms with van der Waals surface area (Å²) in [6.07, 6.45) is 3.09. The van der Waals surface area contributed by atoms with E-state index in [9.17, 15) is 14.7 Å². The summed E-state index contributed by atoms with van der Waals surface area (Å²) in [6.45, 7) is 0.629. The van der Waals surface area contributed by atoms with Crippen molar-refractivity contribution < 1.29 is 14.7 Å². The molecule has 1 amide bonds. The molecule has 5 nitrogen and oxygen atoms in total. The molecule has 1 saturated carbocycles. The van der Waals surface area contributed by atoms with E-state index in [2.05, 4.69) is 5.32 Å². The third-order valence-corrected chi connectivity index (χ3v) is 4.05. The second-order valence-corrected chi connectivity index (χ2v) is 5.38. The average Bonchev–Trinajstić information content (AvgIpc) is 2.95. The highest BCUT2D eigenvalue weighted by atomic mass is 16.4. The molecule has 1 aromatic rings. The maximum absolute atomic E-state index is 12.0. The molecule has 0 bridgehead atoms. The highest BCUT2D eigenvalue weighted by Gasteiger charge is 2.41. The SMILES string of the molecule is NCc1ccc(C(=O)NCC2(C(=O)O)CCCC2)cc1. The lowest BCUT2D eigenvalue weighted by molar-refractivity contribution is -0.148. The number of rotatable bonds is 5. The van der Waals surface area contributed by atoms with E-state index in [1.165, 1.54) is 0 Å². The fourth-order valence-corrected chi connectivity index (χ4v) is 2.66. The molecule has 20 heavy (non-hydrogen) atoms. The summed E-state index contributed by atoms with van der Waals surface area (Å²) >= 11 is 0. The number of amides is 1. The van der Waals surface area contributed by atoms with Crippen LogP contribution in [0.4, 0.5) is 0 Å². The Morgan fingerprint density at radius 1 is 1.20 bits per heavy atom. The molecule has 0 atom stereocenters. The predicted octanol–water partition coefficient (Wildman–Crippen LogP) is 1.52. The van der Waals surface area contributed by atoms with Gasteiger partial charge in [0.25, 0.3) is 5.91 Å². The van der Waals surface area contributed by atoms with Gasteiger partial charge in [-0.3, -0.25) is 9.59 Å². The van der Waals surface area contributed by atoms with E-state index in [1.54, 1.807) is 24.3 Å². The molecule has 0 unspecified atom stereocenters. The van der Waals surface area contributed by atoms with E-state index < -0.39 is 11.4 Å². The largest absolute Gasteiger partial charge is 0.481 e. The van der Waals surface area contributed by atoms with Crippen molar-refractivity contribution in [1.82, 2.24) is 5.32 Å². The first kappa shape index (κ1) is 14.5. The monoisotopic (exact) mass is 276 g/mol. The number of carboxylic acid groups (broad SMARTS) is 1. The van der Waals surface area contributed by atoms with Gasteiger partial charge in [-0.05, 0) is 30.5 Å². The van der Waals surface area contributed by atoms with Gasteiger partial charge >= 0.3 is 5.97 Å². The first-order valence-corrected chi connectivity index (χ1v) is 6.88. The van der Waals surface area contributed by atoms with Crippen LogP contribution in [0, 0.1) is 5.41 Å². The van der Waals surface area contributed by atoms with Crippen LogP contribution in [-0.4, -0.2) is 23.5 Å². The van der Waals surface area contributed by atoms with Crippen molar-refractivity contribution in [2.24, 2.45) is 11.1 Å². The van der Waals surface area contributed by atoms with Gasteiger partial charge in [-0.1, -0.05) is 25.0 Å². The zero-order valence-electron chi connectivity index (χ0n) is 11.4. The van der Waals surface area contributed by atoms with Gasteiger partial charge in [0, 0.05) is 18.7 Å². The van der Waals surface area contributed by atoms with Crippen LogP contribution in [0.15, 0.2) is 24.3 Å². The van der Waals surface area contributed by atoms with Crippen LogP contribution in [0.3, 0.4) is 0 Å². The summed E-state index contributed by atoms with van der Waals surface area (Å²) in [4.78, 5) is 23.4. The van der Waals surface area contributed by atoms with Crippen molar-refractivity contribution in [3.63, 3.8) is 0 Å². The van der Waals surface area contributed by atoms with Crippen LogP contribution >= 0.6 is 0 Å². The van der Waals surface area contributed by atoms with Crippen LogP contribution in [-0.2, 0) is 11.3 Å². The molecule has 0 aliphatic heterocycles. The average molecular weight is 276 g/mol. The number of nitrogens with two attached hydrogens (primary N) is 1. The lowest BCUT2D eigenvalue weighted by atomic mass is 9.86. The van der Waals surface area contributed by atoms with Gasteiger partial charge < -0.3 is 16.2 Å². The van der Waals surface area contributed by atoms with Gasteiger partial charge in [-0.15, -0.1) is 0 Å². The number of carboxylic acids is 1. The van der Waals surface area contributed by atoms with Crippen LogP contribution in [0.2, 0.25) is 0 Å². The fraction of sp³-hybridized carbons (Fsp3) is 0.467. The molecular weight excluding hydrogens is 256 g/mol. The molecule has 1 aromatic carbocycles. The third kappa shape index (κ3) is 2.99.